The van der Waals surface area contributed by atoms with Crippen LogP contribution in [-0.2, 0) is 20.7 Å². The highest BCUT2D eigenvalue weighted by molar-refractivity contribution is 5.92. The molecule has 1 aromatic rings. The quantitative estimate of drug-likeness (QED) is 0.914. The Balaban J connectivity index is 2.10. The zero-order chi connectivity index (χ0) is 17.7. The van der Waals surface area contributed by atoms with Crippen LogP contribution in [0.25, 0.3) is 0 Å². The molecular formula is C18H24N2O4. The lowest BCUT2D eigenvalue weighted by molar-refractivity contribution is -0.133. The van der Waals surface area contributed by atoms with E-state index in [1.807, 2.05) is 30.3 Å². The van der Waals surface area contributed by atoms with Gasteiger partial charge >= 0.3 is 6.09 Å². The summed E-state index contributed by atoms with van der Waals surface area (Å²) in [6.45, 7) is 5.80. The Hall–Kier alpha value is -2.37. The number of ether oxygens (including phenoxy) is 1. The first-order valence-corrected chi connectivity index (χ1v) is 8.08. The number of carbonyl (C=O) groups is 3. The molecule has 0 radical (unpaired) electrons. The van der Waals surface area contributed by atoms with Gasteiger partial charge in [0.2, 0.25) is 5.91 Å². The Kier molecular flexibility index (Phi) is 5.59. The van der Waals surface area contributed by atoms with Gasteiger partial charge in [-0.15, -0.1) is 0 Å². The van der Waals surface area contributed by atoms with Crippen molar-refractivity contribution in [2.75, 3.05) is 13.1 Å². The van der Waals surface area contributed by atoms with E-state index < -0.39 is 17.7 Å². The maximum absolute atomic E-state index is 12.7. The second-order valence-corrected chi connectivity index (χ2v) is 6.94. The van der Waals surface area contributed by atoms with E-state index in [1.54, 1.807) is 20.8 Å². The fraction of sp³-hybridized carbons (Fsp3) is 0.500. The molecule has 24 heavy (non-hydrogen) atoms. The molecule has 0 aromatic heterocycles. The molecule has 1 heterocycles. The van der Waals surface area contributed by atoms with Gasteiger partial charge in [0.1, 0.15) is 11.6 Å². The van der Waals surface area contributed by atoms with Crippen LogP contribution in [0.5, 0.6) is 0 Å². The van der Waals surface area contributed by atoms with Crippen LogP contribution in [0.2, 0.25) is 0 Å². The molecule has 0 bridgehead atoms. The van der Waals surface area contributed by atoms with Crippen LogP contribution < -0.4 is 5.32 Å². The van der Waals surface area contributed by atoms with Crippen molar-refractivity contribution in [3.05, 3.63) is 35.9 Å². The average Bonchev–Trinajstić information content (AvgIpc) is 2.91. The third-order valence-electron chi connectivity index (χ3n) is 3.61. The molecule has 1 atom stereocenters. The van der Waals surface area contributed by atoms with E-state index in [0.29, 0.717) is 19.4 Å². The van der Waals surface area contributed by atoms with Crippen LogP contribution in [0.1, 0.15) is 32.8 Å². The molecule has 1 unspecified atom stereocenters. The number of likely N-dealkylation sites (tertiary alicyclic amines) is 1. The molecule has 1 N–H and O–H groups in total. The molecule has 0 saturated carbocycles. The summed E-state index contributed by atoms with van der Waals surface area (Å²) >= 11 is 0. The first-order chi connectivity index (χ1) is 11.2. The van der Waals surface area contributed by atoms with Crippen LogP contribution >= 0.6 is 0 Å². The number of ketones is 1. The molecule has 2 rings (SSSR count). The van der Waals surface area contributed by atoms with Gasteiger partial charge < -0.3 is 15.0 Å². The Morgan fingerprint density at radius 1 is 1.25 bits per heavy atom. The fourth-order valence-corrected chi connectivity index (χ4v) is 2.54. The summed E-state index contributed by atoms with van der Waals surface area (Å²) in [4.78, 5) is 37.7. The van der Waals surface area contributed by atoms with Crippen LogP contribution in [0, 0.1) is 0 Å². The number of Topliss-reactive ketones (excluding diaryl/α,β-unsaturated/α-hetero) is 1. The number of nitrogens with one attached hydrogen (secondary N) is 1. The van der Waals surface area contributed by atoms with E-state index in [9.17, 15) is 14.4 Å². The summed E-state index contributed by atoms with van der Waals surface area (Å²) in [5.41, 5.74) is 0.283. The van der Waals surface area contributed by atoms with Crippen molar-refractivity contribution >= 4 is 17.8 Å². The smallest absolute Gasteiger partial charge is 0.408 e. The summed E-state index contributed by atoms with van der Waals surface area (Å²) in [5.74, 6) is -0.213. The van der Waals surface area contributed by atoms with E-state index in [1.165, 1.54) is 4.90 Å². The maximum Gasteiger partial charge on any atom is 0.408 e. The van der Waals surface area contributed by atoms with Gasteiger partial charge in [-0.2, -0.15) is 0 Å². The zero-order valence-corrected chi connectivity index (χ0v) is 14.4. The molecule has 6 heteroatoms. The molecule has 0 aliphatic carbocycles. The summed E-state index contributed by atoms with van der Waals surface area (Å²) in [7, 11) is 0. The number of carbonyl (C=O) groups excluding carboxylic acids is 3. The maximum atomic E-state index is 12.7. The number of hydrogen-bond acceptors (Lipinski definition) is 4. The summed E-state index contributed by atoms with van der Waals surface area (Å²) in [6, 6.07) is 8.68. The molecule has 130 valence electrons. The molecular weight excluding hydrogens is 308 g/mol. The first kappa shape index (κ1) is 18.0. The van der Waals surface area contributed by atoms with E-state index in [-0.39, 0.29) is 18.2 Å². The van der Waals surface area contributed by atoms with Gasteiger partial charge in [-0.3, -0.25) is 9.59 Å². The van der Waals surface area contributed by atoms with Crippen molar-refractivity contribution in [2.24, 2.45) is 0 Å². The summed E-state index contributed by atoms with van der Waals surface area (Å²) in [5, 5.41) is 2.65. The molecule has 1 saturated heterocycles. The normalized spacial score (nSPS) is 16.0. The second-order valence-electron chi connectivity index (χ2n) is 6.94. The van der Waals surface area contributed by atoms with E-state index >= 15 is 0 Å². The Labute approximate surface area is 142 Å². The molecule has 1 fully saturated rings. The minimum Gasteiger partial charge on any atom is -0.444 e. The summed E-state index contributed by atoms with van der Waals surface area (Å²) in [6.07, 6.45) is 0.0853. The second kappa shape index (κ2) is 7.47. The third kappa shape index (κ3) is 5.37. The van der Waals surface area contributed by atoms with Gasteiger partial charge in [0.25, 0.3) is 0 Å². The van der Waals surface area contributed by atoms with Crippen LogP contribution in [0.15, 0.2) is 30.3 Å². The van der Waals surface area contributed by atoms with Gasteiger partial charge in [0, 0.05) is 19.4 Å². The van der Waals surface area contributed by atoms with E-state index in [0.717, 1.165) is 5.56 Å². The predicted octanol–water partition coefficient (Wildman–Crippen LogP) is 1.92. The first-order valence-electron chi connectivity index (χ1n) is 8.08. The highest BCUT2D eigenvalue weighted by Crippen LogP contribution is 2.12. The average molecular weight is 332 g/mol. The lowest BCUT2D eigenvalue weighted by atomic mass is 10.0. The number of hydrogen-bond donors (Lipinski definition) is 1. The topological polar surface area (TPSA) is 75.7 Å². The Morgan fingerprint density at radius 3 is 2.46 bits per heavy atom. The highest BCUT2D eigenvalue weighted by atomic mass is 16.6. The minimum atomic E-state index is -0.756. The van der Waals surface area contributed by atoms with Crippen molar-refractivity contribution in [2.45, 2.75) is 45.3 Å². The highest BCUT2D eigenvalue weighted by Gasteiger charge is 2.31. The van der Waals surface area contributed by atoms with Crippen molar-refractivity contribution < 1.29 is 19.1 Å². The van der Waals surface area contributed by atoms with Gasteiger partial charge in [-0.05, 0) is 26.3 Å². The predicted molar refractivity (Wildman–Crippen MR) is 89.5 cm³/mol. The molecule has 0 spiro atoms. The van der Waals surface area contributed by atoms with Gasteiger partial charge in [0.15, 0.2) is 5.78 Å². The lowest BCUT2D eigenvalue weighted by Crippen LogP contribution is -2.50. The zero-order valence-electron chi connectivity index (χ0n) is 14.4. The van der Waals surface area contributed by atoms with Crippen molar-refractivity contribution in [3.63, 3.8) is 0 Å². The van der Waals surface area contributed by atoms with Crippen LogP contribution in [0.4, 0.5) is 4.79 Å². The van der Waals surface area contributed by atoms with Gasteiger partial charge in [-0.25, -0.2) is 4.79 Å². The number of alkyl carbamates (subject to hydrolysis) is 1. The third-order valence-corrected chi connectivity index (χ3v) is 3.61. The van der Waals surface area contributed by atoms with Crippen molar-refractivity contribution in [3.8, 4) is 0 Å². The largest absolute Gasteiger partial charge is 0.444 e. The number of rotatable bonds is 4. The molecule has 6 nitrogen and oxygen atoms in total. The van der Waals surface area contributed by atoms with Crippen LogP contribution in [-0.4, -0.2) is 47.4 Å². The van der Waals surface area contributed by atoms with Crippen LogP contribution in [0.3, 0.4) is 0 Å². The van der Waals surface area contributed by atoms with Gasteiger partial charge in [-0.1, -0.05) is 30.3 Å². The molecule has 2 amide bonds. The SMILES string of the molecule is CC(C)(C)OC(=O)NC(Cc1ccccc1)C(=O)N1CCC(=O)C1. The molecule has 1 aromatic carbocycles. The number of amides is 2. The number of nitrogens with zero attached hydrogens (tertiary/aromatic N) is 1. The van der Waals surface area contributed by atoms with Crippen molar-refractivity contribution in [1.82, 2.24) is 10.2 Å². The van der Waals surface area contributed by atoms with E-state index in [2.05, 4.69) is 5.32 Å². The molecule has 1 aliphatic heterocycles. The fourth-order valence-electron chi connectivity index (χ4n) is 2.54. The molecule has 1 aliphatic rings. The Morgan fingerprint density at radius 2 is 1.92 bits per heavy atom. The van der Waals surface area contributed by atoms with Gasteiger partial charge in [0.05, 0.1) is 6.54 Å². The van der Waals surface area contributed by atoms with Crippen molar-refractivity contribution in [1.29, 1.82) is 0 Å². The summed E-state index contributed by atoms with van der Waals surface area (Å²) < 4.78 is 5.25. The Bertz CT molecular complexity index is 607. The minimum absolute atomic E-state index is 0.0408. The standard InChI is InChI=1S/C18H24N2O4/c1-18(2,3)24-17(23)19-15(11-13-7-5-4-6-8-13)16(22)20-10-9-14(21)12-20/h4-8,15H,9-12H2,1-3H3,(H,19,23). The number of benzene rings is 1. The van der Waals surface area contributed by atoms with E-state index in [4.69, 9.17) is 4.74 Å². The lowest BCUT2D eigenvalue weighted by Gasteiger charge is -2.26. The monoisotopic (exact) mass is 332 g/mol.